The molecule has 8 nitrogen and oxygen atoms in total. The maximum absolute atomic E-state index is 13.2. The van der Waals surface area contributed by atoms with Crippen molar-refractivity contribution in [2.75, 3.05) is 6.54 Å². The highest BCUT2D eigenvalue weighted by atomic mass is 19.4. The van der Waals surface area contributed by atoms with E-state index in [0.29, 0.717) is 16.5 Å². The maximum atomic E-state index is 13.2. The fourth-order valence-electron chi connectivity index (χ4n) is 3.65. The Morgan fingerprint density at radius 3 is 2.36 bits per heavy atom. The van der Waals surface area contributed by atoms with Crippen LogP contribution in [0.4, 0.5) is 13.2 Å². The molecule has 1 aromatic carbocycles. The number of alkyl halides is 3. The molecule has 0 radical (unpaired) electrons. The molecule has 36 heavy (non-hydrogen) atoms. The summed E-state index contributed by atoms with van der Waals surface area (Å²) < 4.78 is 39.7. The van der Waals surface area contributed by atoms with E-state index in [1.54, 1.807) is 56.3 Å². The van der Waals surface area contributed by atoms with Crippen LogP contribution in [0.25, 0.3) is 10.9 Å². The lowest BCUT2D eigenvalue weighted by molar-refractivity contribution is -0.173. The Morgan fingerprint density at radius 1 is 1.06 bits per heavy atom. The van der Waals surface area contributed by atoms with Gasteiger partial charge in [-0.1, -0.05) is 42.0 Å². The third-order valence-corrected chi connectivity index (χ3v) is 5.34. The minimum atomic E-state index is -5.17. The van der Waals surface area contributed by atoms with Gasteiger partial charge < -0.3 is 20.9 Å². The molecule has 194 valence electrons. The Labute approximate surface area is 206 Å². The molecule has 4 N–H and O–H groups in total. The molecule has 0 aliphatic rings. The van der Waals surface area contributed by atoms with Crippen molar-refractivity contribution in [3.8, 4) is 0 Å². The van der Waals surface area contributed by atoms with E-state index in [9.17, 15) is 32.3 Å². The molecule has 0 fully saturated rings. The van der Waals surface area contributed by atoms with Crippen LogP contribution in [-0.2, 0) is 25.6 Å². The van der Waals surface area contributed by atoms with Gasteiger partial charge in [0.15, 0.2) is 0 Å². The van der Waals surface area contributed by atoms with E-state index in [0.717, 1.165) is 5.57 Å². The van der Waals surface area contributed by atoms with Gasteiger partial charge in [0, 0.05) is 36.9 Å². The lowest BCUT2D eigenvalue weighted by Crippen LogP contribution is -2.52. The highest BCUT2D eigenvalue weighted by Crippen LogP contribution is 2.23. The molecule has 1 aromatic heterocycles. The molecule has 0 bridgehead atoms. The number of halogens is 3. The number of H-pyrrole nitrogens is 1. The van der Waals surface area contributed by atoms with Crippen LogP contribution < -0.4 is 16.0 Å². The Hall–Kier alpha value is -3.89. The summed E-state index contributed by atoms with van der Waals surface area (Å²) in [6, 6.07) is 3.98. The second kappa shape index (κ2) is 12.7. The van der Waals surface area contributed by atoms with Gasteiger partial charge in [-0.25, -0.2) is 0 Å². The highest BCUT2D eigenvalue weighted by Gasteiger charge is 2.44. The summed E-state index contributed by atoms with van der Waals surface area (Å²) in [6.45, 7) is 4.10. The molecule has 0 aliphatic carbocycles. The van der Waals surface area contributed by atoms with Crippen molar-refractivity contribution >= 4 is 34.4 Å². The number of aromatic amines is 1. The van der Waals surface area contributed by atoms with Gasteiger partial charge in [0.05, 0.1) is 6.54 Å². The predicted molar refractivity (Wildman–Crippen MR) is 129 cm³/mol. The van der Waals surface area contributed by atoms with Crippen molar-refractivity contribution in [1.82, 2.24) is 20.9 Å². The van der Waals surface area contributed by atoms with Crippen LogP contribution in [0.1, 0.15) is 32.8 Å². The molecule has 11 heteroatoms. The monoisotopic (exact) mass is 506 g/mol. The van der Waals surface area contributed by atoms with E-state index in [2.05, 4.69) is 20.9 Å². The molecular weight excluding hydrogens is 477 g/mol. The first kappa shape index (κ1) is 28.3. The second-order valence-electron chi connectivity index (χ2n) is 8.08. The molecule has 0 saturated heterocycles. The fourth-order valence-corrected chi connectivity index (χ4v) is 3.65. The molecule has 0 saturated carbocycles. The first-order chi connectivity index (χ1) is 17.0. The number of carbonyl (C=O) groups excluding carboxylic acids is 4. The summed E-state index contributed by atoms with van der Waals surface area (Å²) in [4.78, 5) is 51.5. The van der Waals surface area contributed by atoms with Crippen LogP contribution in [0.5, 0.6) is 0 Å². The molecule has 2 atom stereocenters. The van der Waals surface area contributed by atoms with E-state index in [4.69, 9.17) is 0 Å². The number of aromatic nitrogens is 1. The Balaban J connectivity index is 2.11. The van der Waals surface area contributed by atoms with Gasteiger partial charge in [-0.05, 0) is 25.5 Å². The van der Waals surface area contributed by atoms with E-state index < -0.39 is 54.7 Å². The van der Waals surface area contributed by atoms with Crippen LogP contribution in [0, 0.1) is 0 Å². The van der Waals surface area contributed by atoms with E-state index in [1.165, 1.54) is 13.1 Å². The van der Waals surface area contributed by atoms with Crippen molar-refractivity contribution in [2.45, 2.75) is 51.9 Å². The summed E-state index contributed by atoms with van der Waals surface area (Å²) in [7, 11) is 0. The van der Waals surface area contributed by atoms with Gasteiger partial charge in [-0.15, -0.1) is 0 Å². The first-order valence-corrected chi connectivity index (χ1v) is 11.2. The van der Waals surface area contributed by atoms with Crippen LogP contribution in [0.3, 0.4) is 0 Å². The van der Waals surface area contributed by atoms with Crippen LogP contribution in [0.2, 0.25) is 0 Å². The minimum Gasteiger partial charge on any atom is -0.361 e. The van der Waals surface area contributed by atoms with Gasteiger partial charge in [0.2, 0.25) is 17.7 Å². The van der Waals surface area contributed by atoms with Gasteiger partial charge in [-0.3, -0.25) is 19.2 Å². The van der Waals surface area contributed by atoms with Gasteiger partial charge in [0.1, 0.15) is 12.1 Å². The van der Waals surface area contributed by atoms with Gasteiger partial charge in [0.25, 0.3) is 5.78 Å². The molecule has 2 unspecified atom stereocenters. The summed E-state index contributed by atoms with van der Waals surface area (Å²) in [5.74, 6) is -4.25. The standard InChI is InChI=1S/C25H29F3N4O4/c1-4-8-16(5-2)11-21(31-15(3)33)24(36)30-14-22(34)32-20(23(35)25(26,27)28)12-17-13-29-19-10-7-6-9-18(17)19/h4-10,13,20-21,29H,11-12,14H2,1-3H3,(H,30,36)(H,31,33)(H,32,34)/b8-4-,16-5+. The number of rotatable bonds is 11. The van der Waals surface area contributed by atoms with Crippen LogP contribution >= 0.6 is 0 Å². The molecule has 2 rings (SSSR count). The highest BCUT2D eigenvalue weighted by molar-refractivity contribution is 5.95. The lowest BCUT2D eigenvalue weighted by atomic mass is 10.0. The van der Waals surface area contributed by atoms with Crippen LogP contribution in [-0.4, -0.2) is 53.3 Å². The third-order valence-electron chi connectivity index (χ3n) is 5.34. The number of benzene rings is 1. The number of fused-ring (bicyclic) bond motifs is 1. The zero-order valence-electron chi connectivity index (χ0n) is 20.2. The van der Waals surface area contributed by atoms with Crippen molar-refractivity contribution in [2.24, 2.45) is 0 Å². The second-order valence-corrected chi connectivity index (χ2v) is 8.08. The largest absolute Gasteiger partial charge is 0.452 e. The molecular formula is C25H29F3N4O4. The van der Waals surface area contributed by atoms with E-state index >= 15 is 0 Å². The number of amides is 3. The normalized spacial score (nSPS) is 13.9. The summed E-state index contributed by atoms with van der Waals surface area (Å²) in [5, 5.41) is 7.51. The zero-order valence-corrected chi connectivity index (χ0v) is 20.2. The van der Waals surface area contributed by atoms with Gasteiger partial charge in [-0.2, -0.15) is 13.2 Å². The number of para-hydroxylation sites is 1. The number of carbonyl (C=O) groups is 4. The molecule has 3 amide bonds. The lowest BCUT2D eigenvalue weighted by Gasteiger charge is -2.20. The van der Waals surface area contributed by atoms with E-state index in [-0.39, 0.29) is 6.42 Å². The fraction of sp³-hybridized carbons (Fsp3) is 0.360. The molecule has 2 aromatic rings. The molecule has 0 aliphatic heterocycles. The number of hydrogen-bond acceptors (Lipinski definition) is 4. The quantitative estimate of drug-likeness (QED) is 0.350. The number of nitrogens with one attached hydrogen (secondary N) is 4. The topological polar surface area (TPSA) is 120 Å². The minimum absolute atomic E-state index is 0.142. The number of hydrogen-bond donors (Lipinski definition) is 4. The predicted octanol–water partition coefficient (Wildman–Crippen LogP) is 2.86. The molecule has 0 spiro atoms. The smallest absolute Gasteiger partial charge is 0.361 e. The van der Waals surface area contributed by atoms with Gasteiger partial charge >= 0.3 is 6.18 Å². The van der Waals surface area contributed by atoms with Crippen molar-refractivity contribution in [3.63, 3.8) is 0 Å². The number of Topliss-reactive ketones (excluding diaryl/α,β-unsaturated/α-hetero) is 1. The van der Waals surface area contributed by atoms with Crippen LogP contribution in [0.15, 0.2) is 54.3 Å². The number of ketones is 1. The average Bonchev–Trinajstić information content (AvgIpc) is 3.22. The maximum Gasteiger partial charge on any atom is 0.452 e. The third kappa shape index (κ3) is 8.10. The Bertz CT molecular complexity index is 1170. The first-order valence-electron chi connectivity index (χ1n) is 11.2. The van der Waals surface area contributed by atoms with E-state index in [1.807, 2.05) is 0 Å². The Morgan fingerprint density at radius 2 is 1.75 bits per heavy atom. The summed E-state index contributed by atoms with van der Waals surface area (Å²) in [6.07, 6.45) is 1.33. The molecule has 1 heterocycles. The van der Waals surface area contributed by atoms with Crippen molar-refractivity contribution in [3.05, 3.63) is 59.8 Å². The van der Waals surface area contributed by atoms with Crippen molar-refractivity contribution in [1.29, 1.82) is 0 Å². The van der Waals surface area contributed by atoms with Crippen molar-refractivity contribution < 1.29 is 32.3 Å². The summed E-state index contributed by atoms with van der Waals surface area (Å²) >= 11 is 0. The summed E-state index contributed by atoms with van der Waals surface area (Å²) in [5.41, 5.74) is 1.85. The Kier molecular flexibility index (Phi) is 10.0. The average molecular weight is 507 g/mol. The zero-order chi connectivity index (χ0) is 26.9. The SMILES string of the molecule is C/C=C\C(=C/C)CC(NC(C)=O)C(=O)NCC(=O)NC(Cc1c[nH]c2ccccc12)C(=O)C(F)(F)F. The number of allylic oxidation sites excluding steroid dienone is 3.